The largest absolute Gasteiger partial charge is 0.480 e. The third kappa shape index (κ3) is 3.64. The van der Waals surface area contributed by atoms with Gasteiger partial charge in [-0.15, -0.1) is 0 Å². The van der Waals surface area contributed by atoms with Crippen molar-refractivity contribution >= 4 is 21.9 Å². The molecule has 1 aromatic carbocycles. The van der Waals surface area contributed by atoms with Gasteiger partial charge in [0.05, 0.1) is 0 Å². The van der Waals surface area contributed by atoms with Gasteiger partial charge >= 0.3 is 5.97 Å². The summed E-state index contributed by atoms with van der Waals surface area (Å²) in [6.07, 6.45) is 0. The van der Waals surface area contributed by atoms with Crippen molar-refractivity contribution < 1.29 is 9.90 Å². The Balaban J connectivity index is 2.68. The van der Waals surface area contributed by atoms with E-state index in [1.165, 1.54) is 0 Å². The second-order valence-electron chi connectivity index (χ2n) is 3.50. The lowest BCUT2D eigenvalue weighted by molar-refractivity contribution is -0.139. The minimum atomic E-state index is -0.836. The van der Waals surface area contributed by atoms with Gasteiger partial charge in [-0.25, -0.2) is 0 Å². The standard InChI is InChI=1S/C11H14BrNO2/c1-7(13-8(2)11(14)15)9-4-3-5-10(12)6-9/h3-8,13H,1-2H3,(H,14,15)/t7-,8?/m0/s1. The minimum absolute atomic E-state index is 0.0219. The van der Waals surface area contributed by atoms with Crippen LogP contribution in [0.15, 0.2) is 28.7 Å². The lowest BCUT2D eigenvalue weighted by Gasteiger charge is -2.17. The van der Waals surface area contributed by atoms with Crippen LogP contribution in [0.3, 0.4) is 0 Å². The minimum Gasteiger partial charge on any atom is -0.480 e. The molecular weight excluding hydrogens is 258 g/mol. The molecule has 0 heterocycles. The number of nitrogens with one attached hydrogen (secondary N) is 1. The van der Waals surface area contributed by atoms with Gasteiger partial charge in [0.15, 0.2) is 0 Å². The molecular formula is C11H14BrNO2. The van der Waals surface area contributed by atoms with Gasteiger partial charge in [-0.2, -0.15) is 0 Å². The maximum atomic E-state index is 10.7. The first kappa shape index (κ1) is 12.2. The van der Waals surface area contributed by atoms with Crippen molar-refractivity contribution in [2.24, 2.45) is 0 Å². The molecule has 1 unspecified atom stereocenters. The van der Waals surface area contributed by atoms with E-state index >= 15 is 0 Å². The Bertz CT molecular complexity index is 354. The van der Waals surface area contributed by atoms with E-state index in [-0.39, 0.29) is 6.04 Å². The molecule has 2 atom stereocenters. The molecule has 0 saturated carbocycles. The summed E-state index contributed by atoms with van der Waals surface area (Å²) in [5.74, 6) is -0.836. The predicted molar refractivity (Wildman–Crippen MR) is 62.8 cm³/mol. The van der Waals surface area contributed by atoms with E-state index in [1.54, 1.807) is 6.92 Å². The maximum Gasteiger partial charge on any atom is 0.320 e. The van der Waals surface area contributed by atoms with E-state index in [4.69, 9.17) is 5.11 Å². The summed E-state index contributed by atoms with van der Waals surface area (Å²) in [5.41, 5.74) is 1.07. The highest BCUT2D eigenvalue weighted by molar-refractivity contribution is 9.10. The first-order chi connectivity index (χ1) is 7.00. The Labute approximate surface area is 97.6 Å². The summed E-state index contributed by atoms with van der Waals surface area (Å²) >= 11 is 3.38. The predicted octanol–water partition coefficient (Wildman–Crippen LogP) is 2.57. The number of hydrogen-bond donors (Lipinski definition) is 2. The van der Waals surface area contributed by atoms with Gasteiger partial charge in [-0.05, 0) is 31.5 Å². The van der Waals surface area contributed by atoms with E-state index in [9.17, 15) is 4.79 Å². The van der Waals surface area contributed by atoms with Crippen LogP contribution in [0.25, 0.3) is 0 Å². The number of hydrogen-bond acceptors (Lipinski definition) is 2. The van der Waals surface area contributed by atoms with E-state index < -0.39 is 12.0 Å². The molecule has 0 bridgehead atoms. The normalized spacial score (nSPS) is 14.6. The molecule has 0 aromatic heterocycles. The smallest absolute Gasteiger partial charge is 0.320 e. The summed E-state index contributed by atoms with van der Waals surface area (Å²) in [6, 6.07) is 7.30. The van der Waals surface area contributed by atoms with Crippen molar-refractivity contribution in [3.05, 3.63) is 34.3 Å². The molecule has 1 aromatic rings. The highest BCUT2D eigenvalue weighted by Gasteiger charge is 2.14. The monoisotopic (exact) mass is 271 g/mol. The van der Waals surface area contributed by atoms with Crippen LogP contribution in [0, 0.1) is 0 Å². The Morgan fingerprint density at radius 1 is 1.47 bits per heavy atom. The zero-order valence-electron chi connectivity index (χ0n) is 8.70. The number of halogens is 1. The molecule has 0 fully saturated rings. The molecule has 2 N–H and O–H groups in total. The second-order valence-corrected chi connectivity index (χ2v) is 4.42. The number of carboxylic acid groups (broad SMARTS) is 1. The van der Waals surface area contributed by atoms with Gasteiger partial charge in [0.2, 0.25) is 0 Å². The molecule has 0 radical (unpaired) electrons. The van der Waals surface area contributed by atoms with Gasteiger partial charge in [0, 0.05) is 10.5 Å². The fraction of sp³-hybridized carbons (Fsp3) is 0.364. The molecule has 0 aliphatic carbocycles. The lowest BCUT2D eigenvalue weighted by Crippen LogP contribution is -2.35. The average Bonchev–Trinajstić information content (AvgIpc) is 2.17. The lowest BCUT2D eigenvalue weighted by atomic mass is 10.1. The fourth-order valence-electron chi connectivity index (χ4n) is 1.32. The topological polar surface area (TPSA) is 49.3 Å². The molecule has 3 nitrogen and oxygen atoms in total. The zero-order chi connectivity index (χ0) is 11.4. The molecule has 0 amide bonds. The van der Waals surface area contributed by atoms with E-state index in [0.717, 1.165) is 10.0 Å². The SMILES string of the molecule is CC(N[C@@H](C)c1cccc(Br)c1)C(=O)O. The molecule has 0 saturated heterocycles. The Hall–Kier alpha value is -0.870. The van der Waals surface area contributed by atoms with Gasteiger partial charge in [0.25, 0.3) is 0 Å². The second kappa shape index (κ2) is 5.28. The van der Waals surface area contributed by atoms with E-state index in [0.29, 0.717) is 0 Å². The first-order valence-electron chi connectivity index (χ1n) is 4.75. The van der Waals surface area contributed by atoms with Crippen molar-refractivity contribution in [2.75, 3.05) is 0 Å². The first-order valence-corrected chi connectivity index (χ1v) is 5.54. The van der Waals surface area contributed by atoms with Gasteiger partial charge in [-0.1, -0.05) is 28.1 Å². The third-order valence-corrected chi connectivity index (χ3v) is 2.71. The quantitative estimate of drug-likeness (QED) is 0.885. The molecule has 0 spiro atoms. The van der Waals surface area contributed by atoms with Crippen LogP contribution in [-0.2, 0) is 4.79 Å². The van der Waals surface area contributed by atoms with E-state index in [1.807, 2.05) is 31.2 Å². The van der Waals surface area contributed by atoms with Gasteiger partial charge in [-0.3, -0.25) is 10.1 Å². The molecule has 1 rings (SSSR count). The maximum absolute atomic E-state index is 10.7. The van der Waals surface area contributed by atoms with Crippen molar-refractivity contribution in [3.63, 3.8) is 0 Å². The average molecular weight is 272 g/mol. The Kier molecular flexibility index (Phi) is 4.29. The van der Waals surface area contributed by atoms with Gasteiger partial charge in [0.1, 0.15) is 6.04 Å². The molecule has 0 aliphatic heterocycles. The van der Waals surface area contributed by atoms with Crippen LogP contribution < -0.4 is 5.32 Å². The van der Waals surface area contributed by atoms with Gasteiger partial charge < -0.3 is 5.11 Å². The molecule has 82 valence electrons. The number of carboxylic acids is 1. The Morgan fingerprint density at radius 3 is 2.67 bits per heavy atom. The molecule has 0 aliphatic rings. The zero-order valence-corrected chi connectivity index (χ0v) is 10.3. The summed E-state index contributed by atoms with van der Waals surface area (Å²) in [5, 5.41) is 11.8. The van der Waals surface area contributed by atoms with Crippen molar-refractivity contribution in [1.82, 2.24) is 5.32 Å². The summed E-state index contributed by atoms with van der Waals surface area (Å²) < 4.78 is 0.997. The highest BCUT2D eigenvalue weighted by Crippen LogP contribution is 2.18. The van der Waals surface area contributed by atoms with Crippen LogP contribution in [-0.4, -0.2) is 17.1 Å². The fourth-order valence-corrected chi connectivity index (χ4v) is 1.74. The highest BCUT2D eigenvalue weighted by atomic mass is 79.9. The van der Waals surface area contributed by atoms with E-state index in [2.05, 4.69) is 21.2 Å². The molecule has 4 heteroatoms. The number of aliphatic carboxylic acids is 1. The number of carbonyl (C=O) groups is 1. The summed E-state index contributed by atoms with van der Waals surface area (Å²) in [6.45, 7) is 3.58. The number of rotatable bonds is 4. The van der Waals surface area contributed by atoms with Crippen LogP contribution in [0.2, 0.25) is 0 Å². The number of benzene rings is 1. The van der Waals surface area contributed by atoms with Crippen LogP contribution in [0.1, 0.15) is 25.5 Å². The van der Waals surface area contributed by atoms with Crippen LogP contribution in [0.4, 0.5) is 0 Å². The van der Waals surface area contributed by atoms with Crippen molar-refractivity contribution in [3.8, 4) is 0 Å². The molecule has 15 heavy (non-hydrogen) atoms. The van der Waals surface area contributed by atoms with Crippen molar-refractivity contribution in [2.45, 2.75) is 25.9 Å². The summed E-state index contributed by atoms with van der Waals surface area (Å²) in [4.78, 5) is 10.7. The van der Waals surface area contributed by atoms with Crippen LogP contribution >= 0.6 is 15.9 Å². The summed E-state index contributed by atoms with van der Waals surface area (Å²) in [7, 11) is 0. The van der Waals surface area contributed by atoms with Crippen LogP contribution in [0.5, 0.6) is 0 Å². The van der Waals surface area contributed by atoms with Crippen molar-refractivity contribution in [1.29, 1.82) is 0 Å². The third-order valence-electron chi connectivity index (χ3n) is 2.22. The Morgan fingerprint density at radius 2 is 2.13 bits per heavy atom.